The molecule has 2 aromatic carbocycles. The largest absolute Gasteiger partial charge is 0.337 e. The van der Waals surface area contributed by atoms with E-state index >= 15 is 0 Å². The SMILES string of the molecule is CN(Cc1nc(-c2ccccc2Cl)no1)C(=O)CCSCc1ccccc1. The molecule has 3 aromatic rings. The third kappa shape index (κ3) is 5.58. The Morgan fingerprint density at radius 1 is 1.15 bits per heavy atom. The number of hydrogen-bond acceptors (Lipinski definition) is 5. The Morgan fingerprint density at radius 3 is 2.67 bits per heavy atom. The fraction of sp³-hybridized carbons (Fsp3) is 0.250. The summed E-state index contributed by atoms with van der Waals surface area (Å²) in [6, 6.07) is 17.5. The van der Waals surface area contributed by atoms with Gasteiger partial charge in [0.25, 0.3) is 0 Å². The Morgan fingerprint density at radius 2 is 1.89 bits per heavy atom. The van der Waals surface area contributed by atoms with Crippen LogP contribution in [0.2, 0.25) is 5.02 Å². The topological polar surface area (TPSA) is 59.2 Å². The zero-order valence-electron chi connectivity index (χ0n) is 15.0. The smallest absolute Gasteiger partial charge is 0.246 e. The fourth-order valence-corrected chi connectivity index (χ4v) is 3.59. The average Bonchev–Trinajstić information content (AvgIpc) is 3.14. The van der Waals surface area contributed by atoms with Gasteiger partial charge in [0.15, 0.2) is 0 Å². The Bertz CT molecular complexity index is 886. The number of hydrogen-bond donors (Lipinski definition) is 0. The summed E-state index contributed by atoms with van der Waals surface area (Å²) in [5.41, 5.74) is 1.97. The molecular formula is C20H20ClN3O2S. The van der Waals surface area contributed by atoms with Crippen LogP contribution in [0.5, 0.6) is 0 Å². The highest BCUT2D eigenvalue weighted by Gasteiger charge is 2.15. The number of carbonyl (C=O) groups excluding carboxylic acids is 1. The zero-order chi connectivity index (χ0) is 19.1. The molecule has 0 saturated heterocycles. The first kappa shape index (κ1) is 19.5. The molecule has 0 spiro atoms. The summed E-state index contributed by atoms with van der Waals surface area (Å²) in [5, 5.41) is 4.52. The minimum absolute atomic E-state index is 0.0491. The minimum atomic E-state index is 0.0491. The van der Waals surface area contributed by atoms with Gasteiger partial charge in [0, 0.05) is 30.5 Å². The molecule has 0 aliphatic rings. The second-order valence-electron chi connectivity index (χ2n) is 6.03. The summed E-state index contributed by atoms with van der Waals surface area (Å²) >= 11 is 7.90. The Hall–Kier alpha value is -2.31. The van der Waals surface area contributed by atoms with Gasteiger partial charge < -0.3 is 9.42 Å². The molecule has 0 aliphatic heterocycles. The molecule has 1 amide bonds. The van der Waals surface area contributed by atoms with E-state index in [1.807, 2.05) is 36.4 Å². The van der Waals surface area contributed by atoms with Crippen LogP contribution < -0.4 is 0 Å². The number of amides is 1. The second-order valence-corrected chi connectivity index (χ2v) is 7.54. The molecule has 1 aromatic heterocycles. The minimum Gasteiger partial charge on any atom is -0.337 e. The number of halogens is 1. The highest BCUT2D eigenvalue weighted by Crippen LogP contribution is 2.25. The van der Waals surface area contributed by atoms with E-state index in [1.165, 1.54) is 5.56 Å². The average molecular weight is 402 g/mol. The summed E-state index contributed by atoms with van der Waals surface area (Å²) in [4.78, 5) is 18.2. The lowest BCUT2D eigenvalue weighted by atomic mass is 10.2. The van der Waals surface area contributed by atoms with Crippen molar-refractivity contribution < 1.29 is 9.32 Å². The van der Waals surface area contributed by atoms with Crippen molar-refractivity contribution in [2.45, 2.75) is 18.7 Å². The van der Waals surface area contributed by atoms with Gasteiger partial charge >= 0.3 is 0 Å². The molecule has 27 heavy (non-hydrogen) atoms. The molecule has 5 nitrogen and oxygen atoms in total. The Balaban J connectivity index is 1.46. The first-order valence-corrected chi connectivity index (χ1v) is 10.1. The molecule has 0 N–H and O–H groups in total. The standard InChI is InChI=1S/C20H20ClN3O2S/c1-24(19(25)11-12-27-14-15-7-3-2-4-8-15)13-18-22-20(23-26-18)16-9-5-6-10-17(16)21/h2-10H,11-14H2,1H3. The Labute approximate surface area is 167 Å². The van der Waals surface area contributed by atoms with Gasteiger partial charge in [-0.2, -0.15) is 16.7 Å². The van der Waals surface area contributed by atoms with Crippen LogP contribution in [0.1, 0.15) is 17.9 Å². The summed E-state index contributed by atoms with van der Waals surface area (Å²) in [7, 11) is 1.74. The molecule has 0 atom stereocenters. The maximum Gasteiger partial charge on any atom is 0.246 e. The van der Waals surface area contributed by atoms with Gasteiger partial charge in [-0.05, 0) is 17.7 Å². The van der Waals surface area contributed by atoms with Gasteiger partial charge in [-0.1, -0.05) is 59.2 Å². The van der Waals surface area contributed by atoms with Crippen molar-refractivity contribution in [3.8, 4) is 11.4 Å². The summed E-state index contributed by atoms with van der Waals surface area (Å²) < 4.78 is 5.26. The lowest BCUT2D eigenvalue weighted by Crippen LogP contribution is -2.26. The summed E-state index contributed by atoms with van der Waals surface area (Å²) in [6.45, 7) is 0.277. The van der Waals surface area contributed by atoms with Gasteiger partial charge in [-0.15, -0.1) is 0 Å². The number of carbonyl (C=O) groups is 1. The van der Waals surface area contributed by atoms with E-state index < -0.39 is 0 Å². The highest BCUT2D eigenvalue weighted by molar-refractivity contribution is 7.98. The van der Waals surface area contributed by atoms with Crippen LogP contribution in [-0.2, 0) is 17.1 Å². The van der Waals surface area contributed by atoms with E-state index in [4.69, 9.17) is 16.1 Å². The van der Waals surface area contributed by atoms with E-state index in [9.17, 15) is 4.79 Å². The molecule has 0 bridgehead atoms. The van der Waals surface area contributed by atoms with Crippen molar-refractivity contribution in [1.29, 1.82) is 0 Å². The van der Waals surface area contributed by atoms with Crippen molar-refractivity contribution in [1.82, 2.24) is 15.0 Å². The third-order valence-electron chi connectivity index (χ3n) is 3.95. The number of aromatic nitrogens is 2. The first-order chi connectivity index (χ1) is 13.1. The van der Waals surface area contributed by atoms with Crippen molar-refractivity contribution in [3.63, 3.8) is 0 Å². The van der Waals surface area contributed by atoms with Crippen LogP contribution in [0.4, 0.5) is 0 Å². The van der Waals surface area contributed by atoms with Gasteiger partial charge in [0.1, 0.15) is 0 Å². The number of thioether (sulfide) groups is 1. The highest BCUT2D eigenvalue weighted by atomic mass is 35.5. The number of nitrogens with zero attached hydrogens (tertiary/aromatic N) is 3. The molecule has 0 unspecified atom stereocenters. The maximum atomic E-state index is 12.3. The molecule has 0 radical (unpaired) electrons. The molecule has 1 heterocycles. The third-order valence-corrected chi connectivity index (χ3v) is 5.31. The number of benzene rings is 2. The van der Waals surface area contributed by atoms with E-state index in [1.54, 1.807) is 29.8 Å². The van der Waals surface area contributed by atoms with E-state index in [2.05, 4.69) is 22.3 Å². The summed E-state index contributed by atoms with van der Waals surface area (Å²) in [5.74, 6) is 2.54. The van der Waals surface area contributed by atoms with Crippen molar-refractivity contribution in [2.75, 3.05) is 12.8 Å². The van der Waals surface area contributed by atoms with Crippen molar-refractivity contribution in [2.24, 2.45) is 0 Å². The first-order valence-electron chi connectivity index (χ1n) is 8.56. The lowest BCUT2D eigenvalue weighted by Gasteiger charge is -2.14. The molecule has 0 fully saturated rings. The Kier molecular flexibility index (Phi) is 6.90. The van der Waals surface area contributed by atoms with E-state index in [-0.39, 0.29) is 12.5 Å². The van der Waals surface area contributed by atoms with Gasteiger partial charge in [0.05, 0.1) is 11.6 Å². The summed E-state index contributed by atoms with van der Waals surface area (Å²) in [6.07, 6.45) is 0.472. The molecule has 7 heteroatoms. The number of rotatable bonds is 8. The van der Waals surface area contributed by atoms with E-state index in [0.29, 0.717) is 28.7 Å². The van der Waals surface area contributed by atoms with Gasteiger partial charge in [-0.3, -0.25) is 4.79 Å². The predicted octanol–water partition coefficient (Wildman–Crippen LogP) is 4.67. The zero-order valence-corrected chi connectivity index (χ0v) is 16.5. The van der Waals surface area contributed by atoms with Crippen LogP contribution in [0, 0.1) is 0 Å². The van der Waals surface area contributed by atoms with Crippen molar-refractivity contribution in [3.05, 3.63) is 71.1 Å². The van der Waals surface area contributed by atoms with Gasteiger partial charge in [-0.25, -0.2) is 0 Å². The quantitative estimate of drug-likeness (QED) is 0.513. The monoisotopic (exact) mass is 401 g/mol. The van der Waals surface area contributed by atoms with Crippen LogP contribution in [0.15, 0.2) is 59.1 Å². The van der Waals surface area contributed by atoms with Gasteiger partial charge in [0.2, 0.25) is 17.6 Å². The predicted molar refractivity (Wildman–Crippen MR) is 108 cm³/mol. The molecule has 3 rings (SSSR count). The van der Waals surface area contributed by atoms with Crippen LogP contribution >= 0.6 is 23.4 Å². The normalized spacial score (nSPS) is 10.7. The van der Waals surface area contributed by atoms with Crippen LogP contribution in [0.3, 0.4) is 0 Å². The van der Waals surface area contributed by atoms with Crippen LogP contribution in [-0.4, -0.2) is 33.7 Å². The lowest BCUT2D eigenvalue weighted by molar-refractivity contribution is -0.130. The molecule has 0 saturated carbocycles. The fourth-order valence-electron chi connectivity index (χ4n) is 2.48. The van der Waals surface area contributed by atoms with Crippen LogP contribution in [0.25, 0.3) is 11.4 Å². The van der Waals surface area contributed by atoms with Crippen molar-refractivity contribution >= 4 is 29.3 Å². The molecule has 140 valence electrons. The molecule has 0 aliphatic carbocycles. The molecular weight excluding hydrogens is 382 g/mol. The second kappa shape index (κ2) is 9.58. The maximum absolute atomic E-state index is 12.3. The van der Waals surface area contributed by atoms with E-state index in [0.717, 1.165) is 11.5 Å².